The number of aliphatic hydroxyl groups is 2. The largest absolute Gasteiger partial charge is 0.393 e. The molecule has 4 saturated carbocycles. The Hall–Kier alpha value is -1.48. The van der Waals surface area contributed by atoms with E-state index in [4.69, 9.17) is 0 Å². The van der Waals surface area contributed by atoms with Crippen molar-refractivity contribution in [1.29, 1.82) is 0 Å². The van der Waals surface area contributed by atoms with Crippen molar-refractivity contribution in [2.24, 2.45) is 46.3 Å². The van der Waals surface area contributed by atoms with Crippen molar-refractivity contribution < 1.29 is 28.0 Å². The maximum atomic E-state index is 13.4. The van der Waals surface area contributed by atoms with Crippen molar-refractivity contribution in [3.8, 4) is 0 Å². The number of fused-ring (bicyclic) bond motifs is 5. The third kappa shape index (κ3) is 5.62. The molecular formula is C32H49NO6S. The molecule has 0 heterocycles. The number of hydrogen-bond donors (Lipinski definition) is 3. The van der Waals surface area contributed by atoms with E-state index >= 15 is 0 Å². The Morgan fingerprint density at radius 2 is 1.68 bits per heavy atom. The Balaban J connectivity index is 1.26. The highest BCUT2D eigenvalue weighted by atomic mass is 32.2. The molecule has 3 N–H and O–H groups in total. The molecule has 0 aromatic heterocycles. The number of hydrogen-bond acceptors (Lipinski definition) is 5. The van der Waals surface area contributed by atoms with Gasteiger partial charge in [0.2, 0.25) is 5.91 Å². The fourth-order valence-electron chi connectivity index (χ4n) is 10.1. The summed E-state index contributed by atoms with van der Waals surface area (Å²) in [5, 5.41) is 21.8. The maximum absolute atomic E-state index is 13.4. The van der Waals surface area contributed by atoms with Gasteiger partial charge in [-0.2, -0.15) is 8.42 Å². The van der Waals surface area contributed by atoms with E-state index in [0.29, 0.717) is 47.6 Å². The molecule has 1 aromatic rings. The van der Waals surface area contributed by atoms with E-state index in [2.05, 4.69) is 20.8 Å². The number of aliphatic hydroxyl groups excluding tert-OH is 2. The number of nitrogens with zero attached hydrogens (tertiary/aromatic N) is 1. The van der Waals surface area contributed by atoms with Crippen LogP contribution in [0.15, 0.2) is 30.3 Å². The Morgan fingerprint density at radius 1 is 1.00 bits per heavy atom. The van der Waals surface area contributed by atoms with Crippen LogP contribution in [-0.4, -0.2) is 53.6 Å². The van der Waals surface area contributed by atoms with Gasteiger partial charge in [-0.3, -0.25) is 9.35 Å². The molecule has 4 aliphatic carbocycles. The first-order chi connectivity index (χ1) is 18.8. The van der Waals surface area contributed by atoms with Gasteiger partial charge in [-0.25, -0.2) is 0 Å². The van der Waals surface area contributed by atoms with Crippen LogP contribution in [-0.2, 0) is 14.9 Å². The third-order valence-corrected chi connectivity index (χ3v) is 12.9. The van der Waals surface area contributed by atoms with Crippen LogP contribution in [0.4, 0.5) is 5.69 Å². The highest BCUT2D eigenvalue weighted by Crippen LogP contribution is 2.68. The van der Waals surface area contributed by atoms with Crippen LogP contribution >= 0.6 is 0 Å². The summed E-state index contributed by atoms with van der Waals surface area (Å²) in [7, 11) is -4.18. The predicted molar refractivity (Wildman–Crippen MR) is 156 cm³/mol. The molecule has 8 heteroatoms. The lowest BCUT2D eigenvalue weighted by Crippen LogP contribution is -2.58. The van der Waals surface area contributed by atoms with Crippen molar-refractivity contribution in [3.05, 3.63) is 30.3 Å². The van der Waals surface area contributed by atoms with Crippen molar-refractivity contribution in [2.75, 3.05) is 17.2 Å². The zero-order valence-electron chi connectivity index (χ0n) is 24.4. The summed E-state index contributed by atoms with van der Waals surface area (Å²) in [5.41, 5.74) is 0.999. The Bertz CT molecular complexity index is 1160. The van der Waals surface area contributed by atoms with Gasteiger partial charge in [-0.15, -0.1) is 0 Å². The molecule has 4 fully saturated rings. The number of benzene rings is 1. The molecule has 1 aromatic carbocycles. The van der Waals surface area contributed by atoms with E-state index in [1.807, 2.05) is 18.2 Å². The van der Waals surface area contributed by atoms with Gasteiger partial charge >= 0.3 is 0 Å². The second kappa shape index (κ2) is 11.3. The molecule has 0 saturated heterocycles. The van der Waals surface area contributed by atoms with E-state index in [1.165, 1.54) is 4.90 Å². The second-order valence-corrected chi connectivity index (χ2v) is 15.7. The van der Waals surface area contributed by atoms with Crippen LogP contribution < -0.4 is 4.90 Å². The Labute approximate surface area is 240 Å². The summed E-state index contributed by atoms with van der Waals surface area (Å²) in [5.74, 6) is 1.95. The summed E-state index contributed by atoms with van der Waals surface area (Å²) in [4.78, 5) is 14.9. The topological polar surface area (TPSA) is 115 Å². The monoisotopic (exact) mass is 575 g/mol. The predicted octanol–water partition coefficient (Wildman–Crippen LogP) is 5.31. The minimum Gasteiger partial charge on any atom is -0.393 e. The molecule has 0 spiro atoms. The first-order valence-corrected chi connectivity index (χ1v) is 17.1. The molecule has 1 amide bonds. The molecule has 7 nitrogen and oxygen atoms in total. The standard InChI is InChI=1S/C32H49NO6S/c1-21(9-12-29(36)33(17-18-40(37,38)39)23-7-5-4-6-8-23)25-10-11-26-30-27(14-16-32(25,26)3)31(2)15-13-24(34)19-22(31)20-28(30)35/h4-8,21-22,24-28,30,34-35H,9-20H2,1-3H3,(H,37,38,39)/t21?,22-,24+,25?,26?,27?,28-,30?,31-,32+/m0/s1. The summed E-state index contributed by atoms with van der Waals surface area (Å²) < 4.78 is 32.1. The average Bonchev–Trinajstić information content (AvgIpc) is 3.25. The Kier molecular flexibility index (Phi) is 8.48. The van der Waals surface area contributed by atoms with Gasteiger partial charge in [-0.1, -0.05) is 39.0 Å². The smallest absolute Gasteiger partial charge is 0.266 e. The molecule has 40 heavy (non-hydrogen) atoms. The minimum absolute atomic E-state index is 0.0724. The molecule has 0 radical (unpaired) electrons. The van der Waals surface area contributed by atoms with E-state index in [-0.39, 0.29) is 35.5 Å². The van der Waals surface area contributed by atoms with Gasteiger partial charge in [0.25, 0.3) is 10.1 Å². The van der Waals surface area contributed by atoms with Crippen molar-refractivity contribution in [1.82, 2.24) is 0 Å². The van der Waals surface area contributed by atoms with Crippen LogP contribution in [0.3, 0.4) is 0 Å². The SMILES string of the molecule is CC(CCC(=O)N(CCS(=O)(=O)O)c1ccccc1)C1CCC2C3C(CC[C@]12C)[C@@]1(C)CC[C@@H](O)C[C@H]1C[C@@H]3O. The third-order valence-electron chi connectivity index (χ3n) is 12.2. The summed E-state index contributed by atoms with van der Waals surface area (Å²) in [6.07, 6.45) is 8.68. The number of carbonyl (C=O) groups is 1. The molecule has 0 aliphatic heterocycles. The van der Waals surface area contributed by atoms with Gasteiger partial charge in [0.05, 0.1) is 18.0 Å². The first-order valence-electron chi connectivity index (χ1n) is 15.5. The van der Waals surface area contributed by atoms with Crippen LogP contribution in [0.2, 0.25) is 0 Å². The summed E-state index contributed by atoms with van der Waals surface area (Å²) >= 11 is 0. The van der Waals surface area contributed by atoms with Crippen molar-refractivity contribution >= 4 is 21.7 Å². The van der Waals surface area contributed by atoms with E-state index in [1.54, 1.807) is 12.1 Å². The number of para-hydroxylation sites is 1. The molecule has 224 valence electrons. The van der Waals surface area contributed by atoms with Crippen LogP contribution in [0.1, 0.15) is 85.0 Å². The molecule has 0 bridgehead atoms. The van der Waals surface area contributed by atoms with Crippen LogP contribution in [0, 0.1) is 46.3 Å². The molecule has 5 unspecified atom stereocenters. The number of amides is 1. The summed E-state index contributed by atoms with van der Waals surface area (Å²) in [6.45, 7) is 7.08. The number of rotatable bonds is 8. The van der Waals surface area contributed by atoms with Gasteiger partial charge in [0, 0.05) is 18.7 Å². The van der Waals surface area contributed by atoms with E-state index in [0.717, 1.165) is 57.8 Å². The normalized spacial score (nSPS) is 40.0. The lowest BCUT2D eigenvalue weighted by atomic mass is 9.43. The van der Waals surface area contributed by atoms with Crippen LogP contribution in [0.5, 0.6) is 0 Å². The van der Waals surface area contributed by atoms with Crippen molar-refractivity contribution in [3.63, 3.8) is 0 Å². The van der Waals surface area contributed by atoms with Gasteiger partial charge in [-0.05, 0) is 116 Å². The van der Waals surface area contributed by atoms with Gasteiger partial charge in [0.1, 0.15) is 0 Å². The number of anilines is 1. The fourth-order valence-corrected chi connectivity index (χ4v) is 10.5. The Morgan fingerprint density at radius 3 is 2.38 bits per heavy atom. The van der Waals surface area contributed by atoms with E-state index in [9.17, 15) is 28.0 Å². The lowest BCUT2D eigenvalue weighted by molar-refractivity contribution is -0.174. The van der Waals surface area contributed by atoms with Crippen molar-refractivity contribution in [2.45, 2.75) is 97.2 Å². The van der Waals surface area contributed by atoms with E-state index < -0.39 is 15.9 Å². The lowest BCUT2D eigenvalue weighted by Gasteiger charge is -2.62. The molecule has 10 atom stereocenters. The minimum atomic E-state index is -4.18. The molecule has 5 rings (SSSR count). The first kappa shape index (κ1) is 30.0. The zero-order chi connectivity index (χ0) is 28.9. The molecule has 4 aliphatic rings. The summed E-state index contributed by atoms with van der Waals surface area (Å²) in [6, 6.07) is 9.07. The number of carbonyl (C=O) groups excluding carboxylic acids is 1. The van der Waals surface area contributed by atoms with Gasteiger partial charge in [0.15, 0.2) is 0 Å². The highest BCUT2D eigenvalue weighted by molar-refractivity contribution is 7.85. The van der Waals surface area contributed by atoms with Crippen LogP contribution in [0.25, 0.3) is 0 Å². The molecular weight excluding hydrogens is 526 g/mol. The highest BCUT2D eigenvalue weighted by Gasteiger charge is 2.62. The second-order valence-electron chi connectivity index (χ2n) is 14.1. The zero-order valence-corrected chi connectivity index (χ0v) is 25.2. The van der Waals surface area contributed by atoms with Gasteiger partial charge < -0.3 is 15.1 Å². The maximum Gasteiger partial charge on any atom is 0.266 e. The fraction of sp³-hybridized carbons (Fsp3) is 0.781. The quantitative estimate of drug-likeness (QED) is 0.362. The average molecular weight is 576 g/mol.